The molecular formula is C11H20N2O6S. The zero-order valence-corrected chi connectivity index (χ0v) is 12.4. The third-order valence-electron chi connectivity index (χ3n) is 3.11. The minimum atomic E-state index is -3.84. The van der Waals surface area contributed by atoms with Crippen LogP contribution in [0.4, 0.5) is 0 Å². The molecule has 1 rings (SSSR count). The number of rotatable bonds is 6. The van der Waals surface area contributed by atoms with Crippen LogP contribution in [0.5, 0.6) is 0 Å². The highest BCUT2D eigenvalue weighted by molar-refractivity contribution is 7.87. The van der Waals surface area contributed by atoms with Gasteiger partial charge in [-0.3, -0.25) is 9.59 Å². The van der Waals surface area contributed by atoms with Gasteiger partial charge in [-0.15, -0.1) is 0 Å². The molecule has 8 nitrogen and oxygen atoms in total. The molecule has 9 heteroatoms. The first-order valence-electron chi connectivity index (χ1n) is 6.44. The Morgan fingerprint density at radius 2 is 1.95 bits per heavy atom. The number of carboxylic acid groups (broad SMARTS) is 1. The summed E-state index contributed by atoms with van der Waals surface area (Å²) >= 11 is 0. The molecule has 1 aliphatic heterocycles. The van der Waals surface area contributed by atoms with E-state index in [0.29, 0.717) is 19.4 Å². The van der Waals surface area contributed by atoms with Gasteiger partial charge in [0.15, 0.2) is 0 Å². The molecule has 1 aliphatic rings. The number of carbonyl (C=O) groups is 2. The normalized spacial score (nSPS) is 19.5. The fourth-order valence-corrected chi connectivity index (χ4v) is 3.33. The molecule has 0 unspecified atom stereocenters. The minimum absolute atomic E-state index is 0.172. The summed E-state index contributed by atoms with van der Waals surface area (Å²) < 4.78 is 32.0. The second-order valence-electron chi connectivity index (χ2n) is 4.61. The van der Waals surface area contributed by atoms with Crippen molar-refractivity contribution < 1.29 is 27.9 Å². The summed E-state index contributed by atoms with van der Waals surface area (Å²) in [4.78, 5) is 22.2. The fourth-order valence-electron chi connectivity index (χ4n) is 1.94. The SMILES string of the molecule is CCOC(=O)C1CCN(S(=O)(=O)N[C@@H](C)C(=O)O)CC1. The number of carboxylic acids is 1. The number of hydrogen-bond donors (Lipinski definition) is 2. The van der Waals surface area contributed by atoms with E-state index in [4.69, 9.17) is 9.84 Å². The van der Waals surface area contributed by atoms with Gasteiger partial charge in [0.2, 0.25) is 0 Å². The average Bonchev–Trinajstić information content (AvgIpc) is 2.38. The van der Waals surface area contributed by atoms with Gasteiger partial charge in [0.05, 0.1) is 12.5 Å². The summed E-state index contributed by atoms with van der Waals surface area (Å²) in [6.07, 6.45) is 0.752. The lowest BCUT2D eigenvalue weighted by Crippen LogP contribution is -2.50. The Morgan fingerprint density at radius 1 is 1.40 bits per heavy atom. The number of carbonyl (C=O) groups excluding carboxylic acids is 1. The molecule has 0 aromatic rings. The van der Waals surface area contributed by atoms with Crippen molar-refractivity contribution in [3.05, 3.63) is 0 Å². The molecule has 1 atom stereocenters. The van der Waals surface area contributed by atoms with E-state index in [1.807, 2.05) is 0 Å². The maximum absolute atomic E-state index is 11.9. The number of aliphatic carboxylic acids is 1. The monoisotopic (exact) mass is 308 g/mol. The largest absolute Gasteiger partial charge is 0.480 e. The zero-order chi connectivity index (χ0) is 15.3. The lowest BCUT2D eigenvalue weighted by atomic mass is 9.98. The topological polar surface area (TPSA) is 113 Å². The van der Waals surface area contributed by atoms with Gasteiger partial charge in [-0.2, -0.15) is 17.4 Å². The zero-order valence-electron chi connectivity index (χ0n) is 11.5. The third-order valence-corrected chi connectivity index (χ3v) is 4.81. The third kappa shape index (κ3) is 4.43. The first-order valence-corrected chi connectivity index (χ1v) is 7.88. The van der Waals surface area contributed by atoms with Gasteiger partial charge in [-0.1, -0.05) is 0 Å². The number of hydrogen-bond acceptors (Lipinski definition) is 5. The summed E-state index contributed by atoms with van der Waals surface area (Å²) in [5, 5.41) is 8.71. The highest BCUT2D eigenvalue weighted by Crippen LogP contribution is 2.20. The molecule has 0 aromatic carbocycles. The van der Waals surface area contributed by atoms with E-state index in [0.717, 1.165) is 4.31 Å². The number of piperidine rings is 1. The first-order chi connectivity index (χ1) is 9.27. The Hall–Kier alpha value is -1.19. The molecule has 1 saturated heterocycles. The van der Waals surface area contributed by atoms with Crippen LogP contribution >= 0.6 is 0 Å². The lowest BCUT2D eigenvalue weighted by Gasteiger charge is -2.30. The van der Waals surface area contributed by atoms with Crippen LogP contribution in [0.25, 0.3) is 0 Å². The molecule has 2 N–H and O–H groups in total. The average molecular weight is 308 g/mol. The van der Waals surface area contributed by atoms with Crippen LogP contribution in [0.15, 0.2) is 0 Å². The molecule has 20 heavy (non-hydrogen) atoms. The van der Waals surface area contributed by atoms with Crippen molar-refractivity contribution in [3.8, 4) is 0 Å². The van der Waals surface area contributed by atoms with E-state index in [9.17, 15) is 18.0 Å². The van der Waals surface area contributed by atoms with Gasteiger partial charge in [0.25, 0.3) is 10.2 Å². The molecule has 0 radical (unpaired) electrons. The molecule has 0 bridgehead atoms. The van der Waals surface area contributed by atoms with Crippen molar-refractivity contribution in [2.45, 2.75) is 32.7 Å². The number of esters is 1. The predicted molar refractivity (Wildman–Crippen MR) is 70.1 cm³/mol. The van der Waals surface area contributed by atoms with Crippen LogP contribution in [0.1, 0.15) is 26.7 Å². The van der Waals surface area contributed by atoms with Crippen molar-refractivity contribution in [2.75, 3.05) is 19.7 Å². The van der Waals surface area contributed by atoms with Gasteiger partial charge < -0.3 is 9.84 Å². The van der Waals surface area contributed by atoms with Gasteiger partial charge in [-0.05, 0) is 26.7 Å². The predicted octanol–water partition coefficient (Wildman–Crippen LogP) is -0.431. The van der Waals surface area contributed by atoms with Crippen molar-refractivity contribution in [1.82, 2.24) is 9.03 Å². The first kappa shape index (κ1) is 16.9. The quantitative estimate of drug-likeness (QED) is 0.644. The van der Waals surface area contributed by atoms with Gasteiger partial charge in [0, 0.05) is 13.1 Å². The molecule has 116 valence electrons. The molecular weight excluding hydrogens is 288 g/mol. The van der Waals surface area contributed by atoms with E-state index in [1.165, 1.54) is 6.92 Å². The van der Waals surface area contributed by atoms with Crippen LogP contribution in [0.2, 0.25) is 0 Å². The van der Waals surface area contributed by atoms with Crippen LogP contribution in [0, 0.1) is 5.92 Å². The number of nitrogens with one attached hydrogen (secondary N) is 1. The minimum Gasteiger partial charge on any atom is -0.480 e. The maximum Gasteiger partial charge on any atom is 0.321 e. The van der Waals surface area contributed by atoms with Crippen molar-refractivity contribution in [2.24, 2.45) is 5.92 Å². The summed E-state index contributed by atoms with van der Waals surface area (Å²) in [6.45, 7) is 3.62. The second kappa shape index (κ2) is 7.00. The van der Waals surface area contributed by atoms with E-state index < -0.39 is 22.2 Å². The van der Waals surface area contributed by atoms with E-state index >= 15 is 0 Å². The Labute approximate surface area is 118 Å². The molecule has 0 aromatic heterocycles. The summed E-state index contributed by atoms with van der Waals surface area (Å²) in [7, 11) is -3.84. The van der Waals surface area contributed by atoms with Crippen molar-refractivity contribution >= 4 is 22.1 Å². The van der Waals surface area contributed by atoms with Crippen LogP contribution in [-0.2, 0) is 24.5 Å². The summed E-state index contributed by atoms with van der Waals surface area (Å²) in [5.41, 5.74) is 0. The molecule has 1 fully saturated rings. The Kier molecular flexibility index (Phi) is 5.90. The molecule has 1 heterocycles. The lowest BCUT2D eigenvalue weighted by molar-refractivity contribution is -0.149. The number of nitrogens with zero attached hydrogens (tertiary/aromatic N) is 1. The Morgan fingerprint density at radius 3 is 2.40 bits per heavy atom. The Balaban J connectivity index is 2.56. The van der Waals surface area contributed by atoms with Crippen molar-refractivity contribution in [1.29, 1.82) is 0 Å². The maximum atomic E-state index is 11.9. The van der Waals surface area contributed by atoms with E-state index in [-0.39, 0.29) is 25.0 Å². The molecule has 0 aliphatic carbocycles. The van der Waals surface area contributed by atoms with E-state index in [2.05, 4.69) is 4.72 Å². The van der Waals surface area contributed by atoms with Crippen molar-refractivity contribution in [3.63, 3.8) is 0 Å². The smallest absolute Gasteiger partial charge is 0.321 e. The second-order valence-corrected chi connectivity index (χ2v) is 6.31. The highest BCUT2D eigenvalue weighted by Gasteiger charge is 2.33. The molecule has 0 saturated carbocycles. The fraction of sp³-hybridized carbons (Fsp3) is 0.818. The van der Waals surface area contributed by atoms with Crippen LogP contribution in [0.3, 0.4) is 0 Å². The van der Waals surface area contributed by atoms with Gasteiger partial charge >= 0.3 is 11.9 Å². The van der Waals surface area contributed by atoms with Gasteiger partial charge in [-0.25, -0.2) is 0 Å². The highest BCUT2D eigenvalue weighted by atomic mass is 32.2. The molecule has 0 amide bonds. The summed E-state index contributed by atoms with van der Waals surface area (Å²) in [5.74, 6) is -1.84. The summed E-state index contributed by atoms with van der Waals surface area (Å²) in [6, 6.07) is -1.19. The molecule has 0 spiro atoms. The number of ether oxygens (including phenoxy) is 1. The Bertz CT molecular complexity index is 456. The standard InChI is InChI=1S/C11H20N2O6S/c1-3-19-11(16)9-4-6-13(7-5-9)20(17,18)12-8(2)10(14)15/h8-9,12H,3-7H2,1-2H3,(H,14,15)/t8-/m0/s1. The van der Waals surface area contributed by atoms with Crippen LogP contribution < -0.4 is 4.72 Å². The van der Waals surface area contributed by atoms with Crippen LogP contribution in [-0.4, -0.2) is 55.5 Å². The van der Waals surface area contributed by atoms with E-state index in [1.54, 1.807) is 6.92 Å². The van der Waals surface area contributed by atoms with Gasteiger partial charge in [0.1, 0.15) is 6.04 Å².